The highest BCUT2D eigenvalue weighted by atomic mass is 32.2. The molecule has 2 fully saturated rings. The fourth-order valence-electron chi connectivity index (χ4n) is 2.25. The van der Waals surface area contributed by atoms with Crippen molar-refractivity contribution < 1.29 is 22.8 Å². The van der Waals surface area contributed by atoms with Crippen molar-refractivity contribution in [3.63, 3.8) is 0 Å². The molecule has 2 rings (SSSR count). The van der Waals surface area contributed by atoms with E-state index in [1.807, 2.05) is 0 Å². The highest BCUT2D eigenvalue weighted by Gasteiger charge is 2.40. The zero-order valence-electron chi connectivity index (χ0n) is 10.1. The van der Waals surface area contributed by atoms with E-state index in [9.17, 15) is 22.8 Å². The Balaban J connectivity index is 1.91. The monoisotopic (exact) mass is 297 g/mol. The number of fused-ring (bicyclic) bond motifs is 1. The lowest BCUT2D eigenvalue weighted by atomic mass is 10.1. The molecule has 19 heavy (non-hydrogen) atoms. The van der Waals surface area contributed by atoms with Gasteiger partial charge >= 0.3 is 17.3 Å². The molecule has 0 aliphatic carbocycles. The Morgan fingerprint density at radius 1 is 1.32 bits per heavy atom. The first-order valence-electron chi connectivity index (χ1n) is 5.90. The summed E-state index contributed by atoms with van der Waals surface area (Å²) in [5.41, 5.74) is -4.30. The predicted molar refractivity (Wildman–Crippen MR) is 63.5 cm³/mol. The van der Waals surface area contributed by atoms with Gasteiger partial charge in [0.2, 0.25) is 0 Å². The van der Waals surface area contributed by atoms with Crippen molar-refractivity contribution >= 4 is 23.6 Å². The first kappa shape index (κ1) is 14.4. The Hall–Kier alpha value is -0.960. The van der Waals surface area contributed by atoms with Gasteiger partial charge in [-0.05, 0) is 11.8 Å². The van der Waals surface area contributed by atoms with E-state index in [-0.39, 0.29) is 30.1 Å². The molecule has 2 aliphatic rings. The number of rotatable bonds is 3. The summed E-state index contributed by atoms with van der Waals surface area (Å²) in [5, 5.41) is 3.10. The van der Waals surface area contributed by atoms with Crippen molar-refractivity contribution in [3.8, 4) is 0 Å². The van der Waals surface area contributed by atoms with E-state index < -0.39 is 17.3 Å². The van der Waals surface area contributed by atoms with E-state index >= 15 is 0 Å². The van der Waals surface area contributed by atoms with E-state index in [1.165, 1.54) is 9.80 Å². The molecule has 0 bridgehead atoms. The molecule has 1 unspecified atom stereocenters. The fourth-order valence-corrected chi connectivity index (χ4v) is 2.79. The van der Waals surface area contributed by atoms with Gasteiger partial charge in [0.05, 0.1) is 6.04 Å². The molecule has 108 valence electrons. The van der Waals surface area contributed by atoms with E-state index in [4.69, 9.17) is 0 Å². The van der Waals surface area contributed by atoms with Crippen LogP contribution < -0.4 is 5.32 Å². The average molecular weight is 297 g/mol. The lowest BCUT2D eigenvalue weighted by Crippen LogP contribution is -2.65. The number of carbonyl (C=O) groups is 2. The molecule has 2 heterocycles. The number of piperazine rings is 2. The fraction of sp³-hybridized carbons (Fsp3) is 0.800. The Kier molecular flexibility index (Phi) is 4.24. The van der Waals surface area contributed by atoms with Crippen LogP contribution in [0.15, 0.2) is 0 Å². The van der Waals surface area contributed by atoms with E-state index in [0.29, 0.717) is 26.2 Å². The van der Waals surface area contributed by atoms with Gasteiger partial charge in [0.25, 0.3) is 0 Å². The lowest BCUT2D eigenvalue weighted by molar-refractivity contribution is -0.159. The van der Waals surface area contributed by atoms with Gasteiger partial charge in [-0.2, -0.15) is 13.2 Å². The highest BCUT2D eigenvalue weighted by Crippen LogP contribution is 2.30. The van der Waals surface area contributed by atoms with Crippen LogP contribution in [0.1, 0.15) is 0 Å². The van der Waals surface area contributed by atoms with E-state index in [0.717, 1.165) is 0 Å². The van der Waals surface area contributed by atoms with Gasteiger partial charge in [-0.3, -0.25) is 9.59 Å². The van der Waals surface area contributed by atoms with Crippen LogP contribution in [0.5, 0.6) is 0 Å². The normalized spacial score (nSPS) is 24.7. The van der Waals surface area contributed by atoms with Crippen LogP contribution in [0, 0.1) is 0 Å². The van der Waals surface area contributed by atoms with Crippen LogP contribution in [0.25, 0.3) is 0 Å². The molecule has 0 aromatic heterocycles. The van der Waals surface area contributed by atoms with Crippen molar-refractivity contribution in [3.05, 3.63) is 0 Å². The summed E-state index contributed by atoms with van der Waals surface area (Å²) in [4.78, 5) is 26.3. The number of alkyl halides is 3. The van der Waals surface area contributed by atoms with Gasteiger partial charge in [0.15, 0.2) is 0 Å². The van der Waals surface area contributed by atoms with Crippen molar-refractivity contribution in [2.75, 3.05) is 38.5 Å². The zero-order valence-corrected chi connectivity index (χ0v) is 10.9. The second-order valence-corrected chi connectivity index (χ2v) is 5.56. The number of halogens is 3. The van der Waals surface area contributed by atoms with Gasteiger partial charge in [0.1, 0.15) is 0 Å². The summed E-state index contributed by atoms with van der Waals surface area (Å²) in [6.45, 7) is 1.93. The van der Waals surface area contributed by atoms with E-state index in [2.05, 4.69) is 5.32 Å². The van der Waals surface area contributed by atoms with Crippen LogP contribution in [-0.2, 0) is 9.59 Å². The maximum absolute atomic E-state index is 12.0. The molecule has 2 saturated heterocycles. The second kappa shape index (κ2) is 5.58. The quantitative estimate of drug-likeness (QED) is 0.738. The molecule has 0 radical (unpaired) electrons. The molecule has 5 nitrogen and oxygen atoms in total. The van der Waals surface area contributed by atoms with Crippen molar-refractivity contribution in [2.24, 2.45) is 0 Å². The summed E-state index contributed by atoms with van der Waals surface area (Å²) in [6, 6.07) is -0.130. The minimum atomic E-state index is -4.30. The summed E-state index contributed by atoms with van der Waals surface area (Å²) >= 11 is -0.175. The minimum Gasteiger partial charge on any atom is -0.331 e. The molecule has 1 N–H and O–H groups in total. The third-order valence-corrected chi connectivity index (χ3v) is 3.85. The largest absolute Gasteiger partial charge is 0.441 e. The van der Waals surface area contributed by atoms with Crippen LogP contribution in [0.4, 0.5) is 13.2 Å². The molecule has 2 aliphatic heterocycles. The SMILES string of the molecule is O=C1C(=O)N2CCNCC2CN1CCSC(F)(F)F. The Bertz CT molecular complexity index is 378. The van der Waals surface area contributed by atoms with Crippen LogP contribution in [-0.4, -0.2) is 71.6 Å². The number of nitrogens with one attached hydrogen (secondary N) is 1. The first-order chi connectivity index (χ1) is 8.88. The van der Waals surface area contributed by atoms with Crippen LogP contribution >= 0.6 is 11.8 Å². The molecule has 1 atom stereocenters. The van der Waals surface area contributed by atoms with Gasteiger partial charge in [0, 0.05) is 38.5 Å². The first-order valence-corrected chi connectivity index (χ1v) is 6.88. The topological polar surface area (TPSA) is 52.7 Å². The smallest absolute Gasteiger partial charge is 0.331 e. The van der Waals surface area contributed by atoms with Crippen LogP contribution in [0.2, 0.25) is 0 Å². The summed E-state index contributed by atoms with van der Waals surface area (Å²) < 4.78 is 36.1. The third-order valence-electron chi connectivity index (χ3n) is 3.14. The molecule has 9 heteroatoms. The number of hydrogen-bond acceptors (Lipinski definition) is 4. The number of carbonyl (C=O) groups excluding carboxylic acids is 2. The number of nitrogens with zero attached hydrogens (tertiary/aromatic N) is 2. The number of hydrogen-bond donors (Lipinski definition) is 1. The van der Waals surface area contributed by atoms with Crippen molar-refractivity contribution in [1.29, 1.82) is 0 Å². The molecule has 0 aromatic rings. The standard InChI is InChI=1S/C10H14F3N3O2S/c11-10(12,13)19-4-3-15-6-7-5-14-1-2-16(7)9(18)8(15)17/h7,14H,1-6H2. The average Bonchev–Trinajstić information content (AvgIpc) is 2.34. The molecular formula is C10H14F3N3O2S. The molecule has 0 saturated carbocycles. The zero-order chi connectivity index (χ0) is 14.0. The van der Waals surface area contributed by atoms with Gasteiger partial charge in [-0.15, -0.1) is 0 Å². The molecule has 0 aromatic carbocycles. The van der Waals surface area contributed by atoms with Gasteiger partial charge in [-0.1, -0.05) is 0 Å². The number of amides is 2. The Labute approximate surface area is 112 Å². The van der Waals surface area contributed by atoms with Crippen LogP contribution in [0.3, 0.4) is 0 Å². The number of thioether (sulfide) groups is 1. The van der Waals surface area contributed by atoms with Gasteiger partial charge < -0.3 is 15.1 Å². The molecule has 0 spiro atoms. The molecule has 2 amide bonds. The van der Waals surface area contributed by atoms with Crippen molar-refractivity contribution in [2.45, 2.75) is 11.6 Å². The Morgan fingerprint density at radius 2 is 2.05 bits per heavy atom. The minimum absolute atomic E-state index is 0.0565. The third kappa shape index (κ3) is 3.53. The molecular weight excluding hydrogens is 283 g/mol. The van der Waals surface area contributed by atoms with E-state index in [1.54, 1.807) is 0 Å². The Morgan fingerprint density at radius 3 is 2.74 bits per heavy atom. The van der Waals surface area contributed by atoms with Crippen molar-refractivity contribution in [1.82, 2.24) is 15.1 Å². The summed E-state index contributed by atoms with van der Waals surface area (Å²) in [7, 11) is 0. The maximum Gasteiger partial charge on any atom is 0.441 e. The summed E-state index contributed by atoms with van der Waals surface area (Å²) in [6.07, 6.45) is 0. The predicted octanol–water partition coefficient (Wildman–Crippen LogP) is -0.118. The highest BCUT2D eigenvalue weighted by molar-refractivity contribution is 8.00. The van der Waals surface area contributed by atoms with Gasteiger partial charge in [-0.25, -0.2) is 0 Å². The second-order valence-electron chi connectivity index (χ2n) is 4.40. The maximum atomic E-state index is 12.0. The lowest BCUT2D eigenvalue weighted by Gasteiger charge is -2.43. The summed E-state index contributed by atoms with van der Waals surface area (Å²) in [5.74, 6) is -1.54.